The predicted molar refractivity (Wildman–Crippen MR) is 83.1 cm³/mol. The molecule has 0 aliphatic heterocycles. The van der Waals surface area contributed by atoms with Gasteiger partial charge < -0.3 is 10.4 Å². The summed E-state index contributed by atoms with van der Waals surface area (Å²) in [5.74, 6) is 0.693. The molecule has 2 aromatic heterocycles. The molecule has 21 heavy (non-hydrogen) atoms. The van der Waals surface area contributed by atoms with Gasteiger partial charge in [-0.1, -0.05) is 11.6 Å². The Labute approximate surface area is 122 Å². The standard InChI is InChI=1S/C16H16N4O/c1-11-2-3-14-12(6-11)7-13(9-18-14)15-8-16(17-4-5-21)20-10-19-15/h2-3,6-10,21H,4-5H2,1H3,(H,17,19,20). The second-order valence-electron chi connectivity index (χ2n) is 4.86. The van der Waals surface area contributed by atoms with Gasteiger partial charge in [0.15, 0.2) is 0 Å². The number of aliphatic hydroxyl groups is 1. The molecule has 3 aromatic rings. The molecule has 0 atom stereocenters. The van der Waals surface area contributed by atoms with Gasteiger partial charge in [-0.25, -0.2) is 9.97 Å². The first-order chi connectivity index (χ1) is 10.3. The van der Waals surface area contributed by atoms with Crippen LogP contribution in [0.4, 0.5) is 5.82 Å². The van der Waals surface area contributed by atoms with Crippen LogP contribution in [0.25, 0.3) is 22.2 Å². The van der Waals surface area contributed by atoms with Crippen molar-refractivity contribution >= 4 is 16.7 Å². The number of hydrogen-bond donors (Lipinski definition) is 2. The molecule has 0 bridgehead atoms. The number of aryl methyl sites for hydroxylation is 1. The van der Waals surface area contributed by atoms with Gasteiger partial charge in [-0.3, -0.25) is 4.98 Å². The predicted octanol–water partition coefficient (Wildman–Crippen LogP) is 2.40. The minimum absolute atomic E-state index is 0.0656. The van der Waals surface area contributed by atoms with Crippen LogP contribution in [-0.4, -0.2) is 33.2 Å². The zero-order valence-electron chi connectivity index (χ0n) is 11.7. The van der Waals surface area contributed by atoms with Crippen LogP contribution in [-0.2, 0) is 0 Å². The Balaban J connectivity index is 1.99. The fourth-order valence-corrected chi connectivity index (χ4v) is 2.19. The van der Waals surface area contributed by atoms with E-state index >= 15 is 0 Å². The number of hydrogen-bond acceptors (Lipinski definition) is 5. The van der Waals surface area contributed by atoms with Gasteiger partial charge in [0.1, 0.15) is 12.1 Å². The molecule has 0 saturated carbocycles. The highest BCUT2D eigenvalue weighted by molar-refractivity contribution is 5.83. The number of benzene rings is 1. The molecule has 0 fully saturated rings. The number of pyridine rings is 1. The Morgan fingerprint density at radius 1 is 1.10 bits per heavy atom. The van der Waals surface area contributed by atoms with E-state index in [1.54, 1.807) is 0 Å². The first-order valence-corrected chi connectivity index (χ1v) is 6.80. The molecule has 3 rings (SSSR count). The molecule has 5 nitrogen and oxygen atoms in total. The normalized spacial score (nSPS) is 10.8. The summed E-state index contributed by atoms with van der Waals surface area (Å²) in [4.78, 5) is 12.9. The van der Waals surface area contributed by atoms with Crippen LogP contribution in [0.5, 0.6) is 0 Å². The van der Waals surface area contributed by atoms with Crippen molar-refractivity contribution in [1.82, 2.24) is 15.0 Å². The van der Waals surface area contributed by atoms with E-state index in [9.17, 15) is 0 Å². The molecule has 2 N–H and O–H groups in total. The van der Waals surface area contributed by atoms with Crippen molar-refractivity contribution in [2.24, 2.45) is 0 Å². The number of fused-ring (bicyclic) bond motifs is 1. The molecule has 0 saturated heterocycles. The summed E-state index contributed by atoms with van der Waals surface area (Å²) in [7, 11) is 0. The summed E-state index contributed by atoms with van der Waals surface area (Å²) in [6.45, 7) is 2.59. The third-order valence-electron chi connectivity index (χ3n) is 3.22. The monoisotopic (exact) mass is 280 g/mol. The summed E-state index contributed by atoms with van der Waals surface area (Å²) in [6.07, 6.45) is 3.32. The topological polar surface area (TPSA) is 70.9 Å². The Hall–Kier alpha value is -2.53. The van der Waals surface area contributed by atoms with Crippen molar-refractivity contribution < 1.29 is 5.11 Å². The van der Waals surface area contributed by atoms with Gasteiger partial charge in [0.25, 0.3) is 0 Å². The average molecular weight is 280 g/mol. The Morgan fingerprint density at radius 3 is 2.86 bits per heavy atom. The molecule has 0 unspecified atom stereocenters. The third kappa shape index (κ3) is 2.98. The molecule has 0 aliphatic carbocycles. The van der Waals surface area contributed by atoms with E-state index in [0.717, 1.165) is 22.2 Å². The number of rotatable bonds is 4. The van der Waals surface area contributed by atoms with Gasteiger partial charge in [0.05, 0.1) is 17.8 Å². The van der Waals surface area contributed by atoms with Crippen LogP contribution >= 0.6 is 0 Å². The highest BCUT2D eigenvalue weighted by Gasteiger charge is 2.04. The van der Waals surface area contributed by atoms with Crippen LogP contribution in [0.1, 0.15) is 5.56 Å². The smallest absolute Gasteiger partial charge is 0.130 e. The molecule has 5 heteroatoms. The second-order valence-corrected chi connectivity index (χ2v) is 4.86. The molecule has 0 radical (unpaired) electrons. The summed E-state index contributed by atoms with van der Waals surface area (Å²) in [5, 5.41) is 13.0. The van der Waals surface area contributed by atoms with Gasteiger partial charge in [0.2, 0.25) is 0 Å². The number of aliphatic hydroxyl groups excluding tert-OH is 1. The van der Waals surface area contributed by atoms with Crippen LogP contribution < -0.4 is 5.32 Å². The van der Waals surface area contributed by atoms with E-state index < -0.39 is 0 Å². The van der Waals surface area contributed by atoms with Crippen molar-refractivity contribution in [3.63, 3.8) is 0 Å². The lowest BCUT2D eigenvalue weighted by Gasteiger charge is -2.06. The van der Waals surface area contributed by atoms with E-state index in [2.05, 4.69) is 45.4 Å². The van der Waals surface area contributed by atoms with Crippen molar-refractivity contribution in [3.05, 3.63) is 48.4 Å². The lowest BCUT2D eigenvalue weighted by Crippen LogP contribution is -2.07. The van der Waals surface area contributed by atoms with Gasteiger partial charge >= 0.3 is 0 Å². The van der Waals surface area contributed by atoms with Gasteiger partial charge in [-0.15, -0.1) is 0 Å². The number of aromatic nitrogens is 3. The van der Waals surface area contributed by atoms with E-state index in [4.69, 9.17) is 5.11 Å². The fourth-order valence-electron chi connectivity index (χ4n) is 2.19. The number of nitrogens with one attached hydrogen (secondary N) is 1. The summed E-state index contributed by atoms with van der Waals surface area (Å²) in [5.41, 5.74) is 3.93. The Bertz CT molecular complexity index is 773. The fraction of sp³-hybridized carbons (Fsp3) is 0.188. The van der Waals surface area contributed by atoms with Crippen molar-refractivity contribution in [2.75, 3.05) is 18.5 Å². The van der Waals surface area contributed by atoms with Gasteiger partial charge in [0, 0.05) is 29.8 Å². The first kappa shape index (κ1) is 13.5. The third-order valence-corrected chi connectivity index (χ3v) is 3.22. The average Bonchev–Trinajstić information content (AvgIpc) is 2.52. The number of nitrogens with zero attached hydrogens (tertiary/aromatic N) is 3. The largest absolute Gasteiger partial charge is 0.395 e. The minimum Gasteiger partial charge on any atom is -0.395 e. The first-order valence-electron chi connectivity index (χ1n) is 6.80. The van der Waals surface area contributed by atoms with E-state index in [1.165, 1.54) is 11.9 Å². The molecule has 1 aromatic carbocycles. The highest BCUT2D eigenvalue weighted by Crippen LogP contribution is 2.22. The summed E-state index contributed by atoms with van der Waals surface area (Å²) < 4.78 is 0. The van der Waals surface area contributed by atoms with Gasteiger partial charge in [-0.05, 0) is 25.1 Å². The van der Waals surface area contributed by atoms with E-state index in [0.29, 0.717) is 12.4 Å². The molecule has 106 valence electrons. The zero-order chi connectivity index (χ0) is 14.7. The maximum Gasteiger partial charge on any atom is 0.130 e. The van der Waals surface area contributed by atoms with Gasteiger partial charge in [-0.2, -0.15) is 0 Å². The quantitative estimate of drug-likeness (QED) is 0.768. The Morgan fingerprint density at radius 2 is 2.00 bits per heavy atom. The second kappa shape index (κ2) is 5.85. The van der Waals surface area contributed by atoms with Crippen molar-refractivity contribution in [3.8, 4) is 11.3 Å². The molecule has 0 spiro atoms. The molecular formula is C16H16N4O. The summed E-state index contributed by atoms with van der Waals surface area (Å²) >= 11 is 0. The molecule has 0 amide bonds. The molecular weight excluding hydrogens is 264 g/mol. The Kier molecular flexibility index (Phi) is 3.75. The maximum absolute atomic E-state index is 8.84. The van der Waals surface area contributed by atoms with Crippen LogP contribution in [0.15, 0.2) is 42.9 Å². The van der Waals surface area contributed by atoms with E-state index in [-0.39, 0.29) is 6.61 Å². The SMILES string of the molecule is Cc1ccc2ncc(-c3cc(NCCO)ncn3)cc2c1. The zero-order valence-corrected chi connectivity index (χ0v) is 11.7. The van der Waals surface area contributed by atoms with Crippen LogP contribution in [0.3, 0.4) is 0 Å². The maximum atomic E-state index is 8.84. The molecule has 0 aliphatic rings. The minimum atomic E-state index is 0.0656. The van der Waals surface area contributed by atoms with Crippen molar-refractivity contribution in [1.29, 1.82) is 0 Å². The number of anilines is 1. The molecule has 2 heterocycles. The lowest BCUT2D eigenvalue weighted by molar-refractivity contribution is 0.311. The lowest BCUT2D eigenvalue weighted by atomic mass is 10.1. The van der Waals surface area contributed by atoms with E-state index in [1.807, 2.05) is 18.3 Å². The highest BCUT2D eigenvalue weighted by atomic mass is 16.3. The van der Waals surface area contributed by atoms with Crippen molar-refractivity contribution in [2.45, 2.75) is 6.92 Å². The summed E-state index contributed by atoms with van der Waals surface area (Å²) in [6, 6.07) is 10.1. The van der Waals surface area contributed by atoms with Crippen LogP contribution in [0, 0.1) is 6.92 Å². The van der Waals surface area contributed by atoms with Crippen LogP contribution in [0.2, 0.25) is 0 Å².